The van der Waals surface area contributed by atoms with Gasteiger partial charge in [-0.1, -0.05) is 24.3 Å². The second kappa shape index (κ2) is 5.31. The Bertz CT molecular complexity index is 558. The molecule has 2 rings (SSSR count). The van der Waals surface area contributed by atoms with E-state index in [0.29, 0.717) is 6.42 Å². The number of hydrogen-bond acceptors (Lipinski definition) is 3. The number of rotatable bonds is 4. The zero-order chi connectivity index (χ0) is 13.1. The van der Waals surface area contributed by atoms with Crippen molar-refractivity contribution in [3.05, 3.63) is 39.7 Å². The monoisotopic (exact) mass is 261 g/mol. The third-order valence-electron chi connectivity index (χ3n) is 2.76. The largest absolute Gasteiger partial charge is 0.481 e. The Morgan fingerprint density at radius 3 is 2.44 bits per heavy atom. The summed E-state index contributed by atoms with van der Waals surface area (Å²) in [6.07, 6.45) is 0.749. The van der Waals surface area contributed by atoms with Gasteiger partial charge in [-0.2, -0.15) is 0 Å². The van der Waals surface area contributed by atoms with E-state index in [0.717, 1.165) is 21.8 Å². The minimum atomic E-state index is -0.759. The second-order valence-corrected chi connectivity index (χ2v) is 5.64. The fourth-order valence-corrected chi connectivity index (χ4v) is 2.72. The highest BCUT2D eigenvalue weighted by atomic mass is 32.1. The summed E-state index contributed by atoms with van der Waals surface area (Å²) in [6.45, 7) is 4.07. The number of aryl methyl sites for hydroxylation is 3. The van der Waals surface area contributed by atoms with E-state index in [9.17, 15) is 4.79 Å². The van der Waals surface area contributed by atoms with E-state index in [1.165, 1.54) is 4.88 Å². The van der Waals surface area contributed by atoms with Crippen LogP contribution in [0.25, 0.3) is 11.3 Å². The SMILES string of the molecule is Cc1nc(-c2ccc(CCC(=O)O)cc2)c(C)s1. The molecular formula is C14H15NO2S. The maximum Gasteiger partial charge on any atom is 0.303 e. The molecule has 2 aromatic rings. The van der Waals surface area contributed by atoms with E-state index in [2.05, 4.69) is 11.9 Å². The van der Waals surface area contributed by atoms with Crippen LogP contribution in [-0.2, 0) is 11.2 Å². The molecule has 0 unspecified atom stereocenters. The van der Waals surface area contributed by atoms with E-state index < -0.39 is 5.97 Å². The number of aliphatic carboxylic acids is 1. The van der Waals surface area contributed by atoms with Crippen molar-refractivity contribution in [1.82, 2.24) is 4.98 Å². The van der Waals surface area contributed by atoms with Gasteiger partial charge in [-0.3, -0.25) is 4.79 Å². The van der Waals surface area contributed by atoms with Crippen LogP contribution in [0.5, 0.6) is 0 Å². The van der Waals surface area contributed by atoms with E-state index in [-0.39, 0.29) is 6.42 Å². The first kappa shape index (κ1) is 12.8. The Morgan fingerprint density at radius 1 is 1.28 bits per heavy atom. The summed E-state index contributed by atoms with van der Waals surface area (Å²) >= 11 is 1.69. The van der Waals surface area contributed by atoms with Gasteiger partial charge in [-0.15, -0.1) is 11.3 Å². The van der Waals surface area contributed by atoms with Crippen LogP contribution in [0.4, 0.5) is 0 Å². The number of thiazole rings is 1. The van der Waals surface area contributed by atoms with Crippen LogP contribution in [0, 0.1) is 13.8 Å². The molecule has 94 valence electrons. The molecule has 0 aliphatic carbocycles. The van der Waals surface area contributed by atoms with Gasteiger partial charge in [0.15, 0.2) is 0 Å². The van der Waals surface area contributed by atoms with Gasteiger partial charge in [0.1, 0.15) is 0 Å². The zero-order valence-electron chi connectivity index (χ0n) is 10.4. The lowest BCUT2D eigenvalue weighted by Gasteiger charge is -2.02. The van der Waals surface area contributed by atoms with Gasteiger partial charge < -0.3 is 5.11 Å². The smallest absolute Gasteiger partial charge is 0.303 e. The topological polar surface area (TPSA) is 50.2 Å². The van der Waals surface area contributed by atoms with Crippen LogP contribution in [0.2, 0.25) is 0 Å². The molecular weight excluding hydrogens is 246 g/mol. The second-order valence-electron chi connectivity index (χ2n) is 4.23. The average Bonchev–Trinajstić information content (AvgIpc) is 2.66. The number of nitrogens with zero attached hydrogens (tertiary/aromatic N) is 1. The van der Waals surface area contributed by atoms with Crippen LogP contribution in [0.1, 0.15) is 21.9 Å². The summed E-state index contributed by atoms with van der Waals surface area (Å²) in [7, 11) is 0. The molecule has 0 bridgehead atoms. The molecule has 0 saturated carbocycles. The molecule has 3 nitrogen and oxygen atoms in total. The standard InChI is InChI=1S/C14H15NO2S/c1-9-14(15-10(2)18-9)12-6-3-11(4-7-12)5-8-13(16)17/h3-4,6-7H,5,8H2,1-2H3,(H,16,17). The Kier molecular flexibility index (Phi) is 3.77. The van der Waals surface area contributed by atoms with Crippen molar-refractivity contribution >= 4 is 17.3 Å². The molecule has 0 spiro atoms. The molecule has 1 aromatic carbocycles. The van der Waals surface area contributed by atoms with E-state index >= 15 is 0 Å². The van der Waals surface area contributed by atoms with E-state index in [1.807, 2.05) is 31.2 Å². The first-order valence-electron chi connectivity index (χ1n) is 5.81. The van der Waals surface area contributed by atoms with Crippen molar-refractivity contribution in [3.8, 4) is 11.3 Å². The molecule has 18 heavy (non-hydrogen) atoms. The van der Waals surface area contributed by atoms with Crippen LogP contribution >= 0.6 is 11.3 Å². The van der Waals surface area contributed by atoms with Crippen molar-refractivity contribution in [3.63, 3.8) is 0 Å². The maximum atomic E-state index is 10.5. The Morgan fingerprint density at radius 2 is 1.94 bits per heavy atom. The number of carbonyl (C=O) groups is 1. The zero-order valence-corrected chi connectivity index (χ0v) is 11.3. The highest BCUT2D eigenvalue weighted by Gasteiger charge is 2.07. The quantitative estimate of drug-likeness (QED) is 0.917. The number of hydrogen-bond donors (Lipinski definition) is 1. The van der Waals surface area contributed by atoms with Crippen LogP contribution < -0.4 is 0 Å². The van der Waals surface area contributed by atoms with Crippen molar-refractivity contribution in [1.29, 1.82) is 0 Å². The minimum absolute atomic E-state index is 0.175. The number of carboxylic acids is 1. The van der Waals surface area contributed by atoms with Gasteiger partial charge >= 0.3 is 5.97 Å². The third-order valence-corrected chi connectivity index (χ3v) is 3.64. The molecule has 0 radical (unpaired) electrons. The summed E-state index contributed by atoms with van der Waals surface area (Å²) in [5, 5.41) is 9.71. The van der Waals surface area contributed by atoms with Crippen LogP contribution in [0.15, 0.2) is 24.3 Å². The fraction of sp³-hybridized carbons (Fsp3) is 0.286. The Labute approximate surface area is 110 Å². The highest BCUT2D eigenvalue weighted by molar-refractivity contribution is 7.11. The molecule has 1 aromatic heterocycles. The summed E-state index contributed by atoms with van der Waals surface area (Å²) < 4.78 is 0. The molecule has 0 aliphatic heterocycles. The molecule has 4 heteroatoms. The predicted molar refractivity (Wildman–Crippen MR) is 73.0 cm³/mol. The third kappa shape index (κ3) is 2.96. The lowest BCUT2D eigenvalue weighted by Crippen LogP contribution is -1.97. The predicted octanol–water partition coefficient (Wildman–Crippen LogP) is 3.44. The first-order chi connectivity index (χ1) is 8.56. The minimum Gasteiger partial charge on any atom is -0.481 e. The van der Waals surface area contributed by atoms with Crippen molar-refractivity contribution in [2.45, 2.75) is 26.7 Å². The molecule has 1 N–H and O–H groups in total. The average molecular weight is 261 g/mol. The molecule has 0 fully saturated rings. The number of carboxylic acid groups (broad SMARTS) is 1. The molecule has 0 aliphatic rings. The molecule has 0 amide bonds. The van der Waals surface area contributed by atoms with Gasteiger partial charge in [-0.25, -0.2) is 4.98 Å². The van der Waals surface area contributed by atoms with E-state index in [4.69, 9.17) is 5.11 Å². The van der Waals surface area contributed by atoms with Crippen molar-refractivity contribution in [2.24, 2.45) is 0 Å². The fourth-order valence-electron chi connectivity index (χ4n) is 1.88. The van der Waals surface area contributed by atoms with Crippen molar-refractivity contribution in [2.75, 3.05) is 0 Å². The van der Waals surface area contributed by atoms with Gasteiger partial charge in [0, 0.05) is 16.9 Å². The summed E-state index contributed by atoms with van der Waals surface area (Å²) in [5.41, 5.74) is 3.17. The van der Waals surface area contributed by atoms with Gasteiger partial charge in [0.05, 0.1) is 10.7 Å². The number of aromatic nitrogens is 1. The molecule has 1 heterocycles. The lowest BCUT2D eigenvalue weighted by atomic mass is 10.1. The van der Waals surface area contributed by atoms with Crippen LogP contribution in [0.3, 0.4) is 0 Å². The normalized spacial score (nSPS) is 10.6. The maximum absolute atomic E-state index is 10.5. The Hall–Kier alpha value is -1.68. The highest BCUT2D eigenvalue weighted by Crippen LogP contribution is 2.27. The van der Waals surface area contributed by atoms with Gasteiger partial charge in [0.25, 0.3) is 0 Å². The van der Waals surface area contributed by atoms with Gasteiger partial charge in [0.2, 0.25) is 0 Å². The molecule has 0 saturated heterocycles. The lowest BCUT2D eigenvalue weighted by molar-refractivity contribution is -0.136. The van der Waals surface area contributed by atoms with E-state index in [1.54, 1.807) is 11.3 Å². The summed E-state index contributed by atoms with van der Waals surface area (Å²) in [5.74, 6) is -0.759. The first-order valence-corrected chi connectivity index (χ1v) is 6.63. The summed E-state index contributed by atoms with van der Waals surface area (Å²) in [6, 6.07) is 7.98. The number of benzene rings is 1. The molecule has 0 atom stereocenters. The van der Waals surface area contributed by atoms with Crippen LogP contribution in [-0.4, -0.2) is 16.1 Å². The van der Waals surface area contributed by atoms with Crippen molar-refractivity contribution < 1.29 is 9.90 Å². The Balaban J connectivity index is 2.17. The van der Waals surface area contributed by atoms with Gasteiger partial charge in [-0.05, 0) is 25.8 Å². The summed E-state index contributed by atoms with van der Waals surface area (Å²) in [4.78, 5) is 16.2.